The molecule has 0 atom stereocenters. The molecule has 0 aliphatic heterocycles. The molecule has 5 aromatic rings. The Morgan fingerprint density at radius 2 is 1.21 bits per heavy atom. The Balaban J connectivity index is 0.00000720. The van der Waals surface area contributed by atoms with Crippen molar-refractivity contribution in [3.63, 3.8) is 0 Å². The Kier molecular flexibility index (Phi) is 12.4. The van der Waals surface area contributed by atoms with Crippen LogP contribution in [0, 0.1) is 0 Å². The maximum absolute atomic E-state index is 13.4. The summed E-state index contributed by atoms with van der Waals surface area (Å²) in [7, 11) is -24.8. The number of hydrogen-bond donors (Lipinski definition) is 6. The maximum atomic E-state index is 13.4. The molecule has 1 radical (unpaired) electrons. The van der Waals surface area contributed by atoms with Crippen molar-refractivity contribution in [1.29, 1.82) is 0 Å². The van der Waals surface area contributed by atoms with E-state index in [1.165, 1.54) is 0 Å². The summed E-state index contributed by atoms with van der Waals surface area (Å²) >= 11 is 0. The summed E-state index contributed by atoms with van der Waals surface area (Å²) in [6, 6.07) is 8.82. The van der Waals surface area contributed by atoms with Gasteiger partial charge in [-0.05, 0) is 53.2 Å². The zero-order valence-electron chi connectivity index (χ0n) is 27.4. The first-order valence-electron chi connectivity index (χ1n) is 14.5. The molecule has 0 aliphatic carbocycles. The number of phenols is 1. The van der Waals surface area contributed by atoms with E-state index in [0.717, 1.165) is 48.5 Å². The number of benzene rings is 5. The predicted molar refractivity (Wildman–Crippen MR) is 187 cm³/mol. The van der Waals surface area contributed by atoms with Crippen molar-refractivity contribution in [3.8, 4) is 17.2 Å². The average molecular weight is 939 g/mol. The van der Waals surface area contributed by atoms with E-state index in [0.29, 0.717) is 12.1 Å². The summed E-state index contributed by atoms with van der Waals surface area (Å²) in [6.45, 7) is -0.965. The predicted octanol–water partition coefficient (Wildman–Crippen LogP) is 2.59. The molecule has 0 spiro atoms. The smallest absolute Gasteiger partial charge is 0.871 e. The van der Waals surface area contributed by atoms with Gasteiger partial charge < -0.3 is 21.1 Å². The van der Waals surface area contributed by atoms with E-state index >= 15 is 0 Å². The number of nitrogens with zero attached hydrogens (tertiary/aromatic N) is 4. The number of aromatic hydroxyl groups is 1. The van der Waals surface area contributed by atoms with E-state index in [1.807, 2.05) is 0 Å². The Labute approximate surface area is 331 Å². The summed E-state index contributed by atoms with van der Waals surface area (Å²) in [4.78, 5) is -3.91. The van der Waals surface area contributed by atoms with Crippen molar-refractivity contribution in [2.75, 3.05) is 18.1 Å². The van der Waals surface area contributed by atoms with Crippen molar-refractivity contribution in [2.45, 2.75) is 19.6 Å². The van der Waals surface area contributed by atoms with Crippen LogP contribution in [-0.4, -0.2) is 77.8 Å². The quantitative estimate of drug-likeness (QED) is 0.0453. The third-order valence-corrected chi connectivity index (χ3v) is 12.3. The molecule has 307 valence electrons. The van der Waals surface area contributed by atoms with Crippen LogP contribution in [0.3, 0.4) is 0 Å². The van der Waals surface area contributed by atoms with Gasteiger partial charge in [-0.3, -0.25) is 18.2 Å². The van der Waals surface area contributed by atoms with Crippen LogP contribution < -0.4 is 15.9 Å². The van der Waals surface area contributed by atoms with Crippen LogP contribution >= 0.6 is 0 Å². The van der Waals surface area contributed by atoms with E-state index in [4.69, 9.17) is 10.3 Å². The molecule has 29 heteroatoms. The van der Waals surface area contributed by atoms with E-state index in [-0.39, 0.29) is 33.5 Å². The third kappa shape index (κ3) is 9.80. The summed E-state index contributed by atoms with van der Waals surface area (Å²) < 4.78 is 160. The molecule has 0 unspecified atom stereocenters. The first-order valence-corrected chi connectivity index (χ1v) is 21.8. The van der Waals surface area contributed by atoms with Crippen LogP contribution in [0.25, 0.3) is 21.5 Å². The van der Waals surface area contributed by atoms with Crippen molar-refractivity contribution < 1.29 is 96.9 Å². The molecular weight excluding hydrogens is 918 g/mol. The molecule has 5 rings (SSSR count). The average Bonchev–Trinajstić information content (AvgIpc) is 3.05. The summed E-state index contributed by atoms with van der Waals surface area (Å²) in [5, 5.41) is 50.0. The number of phenolic OH excluding ortho intramolecular Hbond substituents is 1. The van der Waals surface area contributed by atoms with Crippen molar-refractivity contribution in [3.05, 3.63) is 60.7 Å². The van der Waals surface area contributed by atoms with E-state index in [1.54, 1.807) is 0 Å². The first kappa shape index (κ1) is 44.8. The topological polar surface area (TPSA) is 403 Å². The van der Waals surface area contributed by atoms with Crippen molar-refractivity contribution in [1.82, 2.24) is 0 Å². The first-order chi connectivity index (χ1) is 25.7. The normalized spacial score (nSPS) is 13.1. The molecule has 0 saturated carbocycles. The number of nitrogen functional groups attached to an aromatic ring is 1. The zero-order valence-corrected chi connectivity index (χ0v) is 32.5. The van der Waals surface area contributed by atoms with Crippen LogP contribution in [0.5, 0.6) is 17.2 Å². The Hall–Kier alpha value is -4.91. The molecule has 5 aromatic carbocycles. The molecule has 0 heterocycles. The fourth-order valence-electron chi connectivity index (χ4n) is 4.99. The van der Waals surface area contributed by atoms with Crippen LogP contribution in [0.2, 0.25) is 0 Å². The molecular formula is C28H21CuN5O18S5. The van der Waals surface area contributed by atoms with Gasteiger partial charge in [-0.25, -0.2) is 12.6 Å². The van der Waals surface area contributed by atoms with Crippen LogP contribution in [0.15, 0.2) is 101 Å². The number of rotatable bonds is 12. The monoisotopic (exact) mass is 938 g/mol. The van der Waals surface area contributed by atoms with Gasteiger partial charge in [0.15, 0.2) is 9.84 Å². The number of fused-ring (bicyclic) bond motifs is 2. The van der Waals surface area contributed by atoms with Gasteiger partial charge in [0, 0.05) is 16.8 Å². The molecule has 0 aromatic heterocycles. The Bertz CT molecular complexity index is 3120. The maximum Gasteiger partial charge on any atom is 2.00 e. The summed E-state index contributed by atoms with van der Waals surface area (Å²) in [6.07, 6.45) is 0. The second kappa shape index (κ2) is 15.8. The minimum absolute atomic E-state index is 0. The molecule has 23 nitrogen and oxygen atoms in total. The SMILES string of the molecule is Nc1c(S(=O)(=O)O)cc(S(=O)(=O)O)c2ccc(N=Nc3ccc4c([O-])c(N=Nc5ccc(S(=O)(=O)CCOS(=O)(=O)O)cc5O)c(S(=O)(=O)O)cc4c3)c([O-])c12.[Cu+2]. The molecule has 0 fully saturated rings. The van der Waals surface area contributed by atoms with Gasteiger partial charge in [-0.1, -0.05) is 23.6 Å². The van der Waals surface area contributed by atoms with Crippen molar-refractivity contribution in [2.24, 2.45) is 20.5 Å². The van der Waals surface area contributed by atoms with Gasteiger partial charge in [0.2, 0.25) is 0 Å². The molecule has 0 amide bonds. The van der Waals surface area contributed by atoms with Gasteiger partial charge in [-0.2, -0.15) is 43.9 Å². The summed E-state index contributed by atoms with van der Waals surface area (Å²) in [5.74, 6) is -4.12. The number of anilines is 1. The molecule has 0 bridgehead atoms. The summed E-state index contributed by atoms with van der Waals surface area (Å²) in [5.41, 5.74) is 2.73. The molecule has 0 saturated heterocycles. The fourth-order valence-corrected chi connectivity index (χ4v) is 8.58. The Morgan fingerprint density at radius 3 is 1.79 bits per heavy atom. The van der Waals surface area contributed by atoms with Crippen LogP contribution in [-0.2, 0) is 71.8 Å². The Morgan fingerprint density at radius 1 is 0.632 bits per heavy atom. The minimum atomic E-state index is -5.23. The molecule has 7 N–H and O–H groups in total. The minimum Gasteiger partial charge on any atom is -0.871 e. The molecule has 57 heavy (non-hydrogen) atoms. The van der Waals surface area contributed by atoms with Gasteiger partial charge >= 0.3 is 27.5 Å². The second-order valence-corrected chi connectivity index (χ2v) is 18.5. The van der Waals surface area contributed by atoms with Gasteiger partial charge in [0.05, 0.1) is 40.0 Å². The van der Waals surface area contributed by atoms with Crippen LogP contribution in [0.4, 0.5) is 28.4 Å². The van der Waals surface area contributed by atoms with Gasteiger partial charge in [-0.15, -0.1) is 10.2 Å². The van der Waals surface area contributed by atoms with E-state index in [2.05, 4.69) is 24.6 Å². The fraction of sp³-hybridized carbons (Fsp3) is 0.0714. The van der Waals surface area contributed by atoms with Crippen LogP contribution in [0.1, 0.15) is 0 Å². The standard InChI is InChI=1S/C28H23N5O18S5.Cu/c29-25-22(54(42,43)44)12-21(53(39,40)41)17-4-6-19(28(36)24(17)25)32-30-14-1-3-16-13(9-14)10-23(55(45,46)47)26(27(16)35)33-31-18-5-2-15(11-20(18)34)52(37,38)8-7-51-56(48,49)50;/h1-6,9-12,34-36H,7-8,29H2,(H,39,40,41)(H,42,43,44)(H,45,46,47)(H,48,49,50);/q;+2/p-2. The number of nitrogens with two attached hydrogens (primary N) is 1. The largest absolute Gasteiger partial charge is 2.00 e. The molecule has 0 aliphatic rings. The number of hydrogen-bond acceptors (Lipinski definition) is 19. The zero-order chi connectivity index (χ0) is 41.8. The number of sulfone groups is 1. The second-order valence-electron chi connectivity index (χ2n) is 11.1. The van der Waals surface area contributed by atoms with Gasteiger partial charge in [0.25, 0.3) is 30.4 Å². The third-order valence-electron chi connectivity index (χ3n) is 7.47. The number of azo groups is 2. The van der Waals surface area contributed by atoms with E-state index < -0.39 is 133 Å². The van der Waals surface area contributed by atoms with Gasteiger partial charge in [0.1, 0.15) is 26.1 Å². The van der Waals surface area contributed by atoms with Crippen molar-refractivity contribution >= 4 is 101 Å². The van der Waals surface area contributed by atoms with E-state index in [9.17, 15) is 71.1 Å².